The van der Waals surface area contributed by atoms with Crippen molar-refractivity contribution < 1.29 is 32.3 Å². The van der Waals surface area contributed by atoms with Crippen LogP contribution in [0.15, 0.2) is 24.3 Å². The van der Waals surface area contributed by atoms with Gasteiger partial charge in [0.05, 0.1) is 25.0 Å². The number of primary amides is 1. The number of benzene rings is 1. The molecule has 0 saturated carbocycles. The molecular weight excluding hydrogens is 353 g/mol. The second kappa shape index (κ2) is 9.21. The molecule has 0 unspecified atom stereocenters. The summed E-state index contributed by atoms with van der Waals surface area (Å²) in [6.45, 7) is 3.34. The second-order valence-electron chi connectivity index (χ2n) is 5.81. The summed E-state index contributed by atoms with van der Waals surface area (Å²) in [5.74, 6) is -2.70. The first-order chi connectivity index (χ1) is 12.0. The minimum absolute atomic E-state index is 0.134. The maximum absolute atomic E-state index is 12.7. The SMILES string of the molecule is CCOC(=O)C[C@H](C)[C@H](NC(=O)Cc1cccc(C(F)(F)F)c1)C(N)=O. The van der Waals surface area contributed by atoms with Crippen molar-refractivity contribution in [2.75, 3.05) is 6.61 Å². The highest BCUT2D eigenvalue weighted by Gasteiger charge is 2.31. The molecule has 2 amide bonds. The molecule has 0 aliphatic carbocycles. The Morgan fingerprint density at radius 1 is 1.27 bits per heavy atom. The van der Waals surface area contributed by atoms with E-state index in [1.54, 1.807) is 6.92 Å². The van der Waals surface area contributed by atoms with E-state index in [0.29, 0.717) is 0 Å². The highest BCUT2D eigenvalue weighted by atomic mass is 19.4. The molecule has 1 rings (SSSR count). The van der Waals surface area contributed by atoms with Gasteiger partial charge in [0.2, 0.25) is 11.8 Å². The van der Waals surface area contributed by atoms with Crippen molar-refractivity contribution >= 4 is 17.8 Å². The molecule has 0 heterocycles. The number of carbonyl (C=O) groups is 3. The molecule has 1 aromatic carbocycles. The molecule has 0 fully saturated rings. The summed E-state index contributed by atoms with van der Waals surface area (Å²) in [6.07, 6.45) is -5.01. The van der Waals surface area contributed by atoms with E-state index in [9.17, 15) is 27.6 Å². The van der Waals surface area contributed by atoms with E-state index < -0.39 is 41.5 Å². The van der Waals surface area contributed by atoms with Gasteiger partial charge in [0, 0.05) is 0 Å². The Morgan fingerprint density at radius 3 is 2.46 bits per heavy atom. The molecule has 0 aliphatic heterocycles. The van der Waals surface area contributed by atoms with Crippen molar-refractivity contribution in [3.05, 3.63) is 35.4 Å². The molecule has 26 heavy (non-hydrogen) atoms. The summed E-state index contributed by atoms with van der Waals surface area (Å²) in [6, 6.07) is 3.18. The highest BCUT2D eigenvalue weighted by molar-refractivity contribution is 5.88. The number of halogens is 3. The first-order valence-electron chi connectivity index (χ1n) is 7.95. The molecule has 0 bridgehead atoms. The molecule has 1 aromatic rings. The van der Waals surface area contributed by atoms with Crippen molar-refractivity contribution in [3.63, 3.8) is 0 Å². The summed E-state index contributed by atoms with van der Waals surface area (Å²) in [4.78, 5) is 35.1. The van der Waals surface area contributed by atoms with Crippen LogP contribution in [0.2, 0.25) is 0 Å². The van der Waals surface area contributed by atoms with Crippen molar-refractivity contribution in [2.45, 2.75) is 38.9 Å². The average Bonchev–Trinajstić information content (AvgIpc) is 2.51. The number of rotatable bonds is 8. The molecule has 0 aliphatic rings. The van der Waals surface area contributed by atoms with Gasteiger partial charge in [0.1, 0.15) is 6.04 Å². The van der Waals surface area contributed by atoms with Crippen LogP contribution in [0.5, 0.6) is 0 Å². The van der Waals surface area contributed by atoms with Crippen LogP contribution in [-0.2, 0) is 31.7 Å². The molecular formula is C17H21F3N2O4. The van der Waals surface area contributed by atoms with Gasteiger partial charge in [0.25, 0.3) is 0 Å². The van der Waals surface area contributed by atoms with E-state index in [1.165, 1.54) is 19.1 Å². The Hall–Kier alpha value is -2.58. The average molecular weight is 374 g/mol. The van der Waals surface area contributed by atoms with E-state index in [4.69, 9.17) is 10.5 Å². The summed E-state index contributed by atoms with van der Waals surface area (Å²) < 4.78 is 42.9. The van der Waals surface area contributed by atoms with Crippen molar-refractivity contribution in [3.8, 4) is 0 Å². The molecule has 3 N–H and O–H groups in total. The maximum atomic E-state index is 12.7. The Labute approximate surface area is 148 Å². The van der Waals surface area contributed by atoms with Crippen LogP contribution in [0.4, 0.5) is 13.2 Å². The van der Waals surface area contributed by atoms with E-state index in [-0.39, 0.29) is 25.0 Å². The first-order valence-corrected chi connectivity index (χ1v) is 7.95. The monoisotopic (exact) mass is 374 g/mol. The summed E-state index contributed by atoms with van der Waals surface area (Å²) in [7, 11) is 0. The lowest BCUT2D eigenvalue weighted by Crippen LogP contribution is -2.49. The maximum Gasteiger partial charge on any atom is 0.416 e. The second-order valence-corrected chi connectivity index (χ2v) is 5.81. The van der Waals surface area contributed by atoms with E-state index in [2.05, 4.69) is 5.32 Å². The molecule has 6 nitrogen and oxygen atoms in total. The summed E-state index contributed by atoms with van der Waals surface area (Å²) >= 11 is 0. The fraction of sp³-hybridized carbons (Fsp3) is 0.471. The number of amides is 2. The topological polar surface area (TPSA) is 98.5 Å². The van der Waals surface area contributed by atoms with Gasteiger partial charge in [-0.25, -0.2) is 0 Å². The lowest BCUT2D eigenvalue weighted by atomic mass is 9.97. The van der Waals surface area contributed by atoms with Crippen LogP contribution < -0.4 is 11.1 Å². The van der Waals surface area contributed by atoms with Gasteiger partial charge in [-0.05, 0) is 24.5 Å². The normalized spacial score (nSPS) is 13.6. The van der Waals surface area contributed by atoms with Gasteiger partial charge in [0.15, 0.2) is 0 Å². The van der Waals surface area contributed by atoms with E-state index in [1.807, 2.05) is 0 Å². The molecule has 2 atom stereocenters. The van der Waals surface area contributed by atoms with Crippen molar-refractivity contribution in [1.29, 1.82) is 0 Å². The molecule has 144 valence electrons. The predicted octanol–water partition coefficient (Wildman–Crippen LogP) is 1.81. The molecule has 0 spiro atoms. The predicted molar refractivity (Wildman–Crippen MR) is 86.7 cm³/mol. The number of nitrogens with one attached hydrogen (secondary N) is 1. The first kappa shape index (κ1) is 21.5. The van der Waals surface area contributed by atoms with Crippen LogP contribution in [-0.4, -0.2) is 30.4 Å². The number of ether oxygens (including phenoxy) is 1. The Morgan fingerprint density at radius 2 is 1.92 bits per heavy atom. The molecule has 9 heteroatoms. The van der Waals surface area contributed by atoms with E-state index >= 15 is 0 Å². The Kier molecular flexibility index (Phi) is 7.60. The van der Waals surface area contributed by atoms with Gasteiger partial charge in [-0.1, -0.05) is 25.1 Å². The van der Waals surface area contributed by atoms with Crippen LogP contribution in [0.25, 0.3) is 0 Å². The van der Waals surface area contributed by atoms with Gasteiger partial charge >= 0.3 is 12.1 Å². The standard InChI is InChI=1S/C17H21F3N2O4/c1-3-26-14(24)7-10(2)15(16(21)25)22-13(23)9-11-5-4-6-12(8-11)17(18,19)20/h4-6,8,10,15H,3,7,9H2,1-2H3,(H2,21,25)(H,22,23)/t10-,15-/m0/s1. The van der Waals surface area contributed by atoms with Crippen LogP contribution in [0, 0.1) is 5.92 Å². The van der Waals surface area contributed by atoms with Gasteiger partial charge in [-0.15, -0.1) is 0 Å². The van der Waals surface area contributed by atoms with Gasteiger partial charge < -0.3 is 15.8 Å². The number of nitrogens with two attached hydrogens (primary N) is 1. The quantitative estimate of drug-likeness (QED) is 0.678. The minimum Gasteiger partial charge on any atom is -0.466 e. The zero-order chi connectivity index (χ0) is 19.9. The smallest absolute Gasteiger partial charge is 0.416 e. The van der Waals surface area contributed by atoms with Gasteiger partial charge in [-0.3, -0.25) is 14.4 Å². The largest absolute Gasteiger partial charge is 0.466 e. The van der Waals surface area contributed by atoms with Crippen molar-refractivity contribution in [2.24, 2.45) is 11.7 Å². The number of esters is 1. The Bertz CT molecular complexity index is 662. The third kappa shape index (κ3) is 6.73. The fourth-order valence-electron chi connectivity index (χ4n) is 2.36. The van der Waals surface area contributed by atoms with E-state index in [0.717, 1.165) is 12.1 Å². The zero-order valence-electron chi connectivity index (χ0n) is 14.4. The number of hydrogen-bond acceptors (Lipinski definition) is 4. The minimum atomic E-state index is -4.52. The van der Waals surface area contributed by atoms with Gasteiger partial charge in [-0.2, -0.15) is 13.2 Å². The van der Waals surface area contributed by atoms with Crippen LogP contribution in [0.3, 0.4) is 0 Å². The van der Waals surface area contributed by atoms with Crippen LogP contribution in [0.1, 0.15) is 31.4 Å². The van der Waals surface area contributed by atoms with Crippen LogP contribution >= 0.6 is 0 Å². The lowest BCUT2D eigenvalue weighted by molar-refractivity contribution is -0.145. The number of carbonyl (C=O) groups excluding carboxylic acids is 3. The summed E-state index contributed by atoms with van der Waals surface area (Å²) in [5.41, 5.74) is 4.52. The number of alkyl halides is 3. The highest BCUT2D eigenvalue weighted by Crippen LogP contribution is 2.29. The van der Waals surface area contributed by atoms with Crippen molar-refractivity contribution in [1.82, 2.24) is 5.32 Å². The number of hydrogen-bond donors (Lipinski definition) is 2. The Balaban J connectivity index is 2.76. The fourth-order valence-corrected chi connectivity index (χ4v) is 2.36. The third-order valence-electron chi connectivity index (χ3n) is 3.61. The third-order valence-corrected chi connectivity index (χ3v) is 3.61. The summed E-state index contributed by atoms with van der Waals surface area (Å²) in [5, 5.41) is 2.37. The zero-order valence-corrected chi connectivity index (χ0v) is 14.4. The molecule has 0 aromatic heterocycles. The molecule has 0 saturated heterocycles. The lowest BCUT2D eigenvalue weighted by Gasteiger charge is -2.21. The molecule has 0 radical (unpaired) electrons.